The zero-order chi connectivity index (χ0) is 15.5. The maximum absolute atomic E-state index is 12.2. The van der Waals surface area contributed by atoms with E-state index in [4.69, 9.17) is 9.47 Å². The number of anilines is 1. The summed E-state index contributed by atoms with van der Waals surface area (Å²) in [6, 6.07) is 10.4. The number of fused-ring (bicyclic) bond motifs is 1. The third-order valence-corrected chi connectivity index (χ3v) is 3.40. The normalized spacial score (nSPS) is 16.4. The van der Waals surface area contributed by atoms with Crippen LogP contribution in [0.5, 0.6) is 5.88 Å². The van der Waals surface area contributed by atoms with E-state index in [0.29, 0.717) is 23.6 Å². The molecule has 1 amide bonds. The molecule has 2 aromatic rings. The van der Waals surface area contributed by atoms with Crippen LogP contribution < -0.4 is 10.1 Å². The Bertz CT molecular complexity index is 712. The summed E-state index contributed by atoms with van der Waals surface area (Å²) in [5.74, 6) is -0.402. The molecule has 0 aliphatic carbocycles. The molecule has 1 aromatic carbocycles. The Morgan fingerprint density at radius 2 is 2.14 bits per heavy atom. The first-order valence-corrected chi connectivity index (χ1v) is 6.77. The first-order chi connectivity index (χ1) is 10.7. The number of amides is 1. The Morgan fingerprint density at radius 1 is 1.32 bits per heavy atom. The summed E-state index contributed by atoms with van der Waals surface area (Å²) in [6.07, 6.45) is 0.997. The van der Waals surface area contributed by atoms with Crippen molar-refractivity contribution in [1.82, 2.24) is 4.98 Å². The highest BCUT2D eigenvalue weighted by Gasteiger charge is 2.31. The summed E-state index contributed by atoms with van der Waals surface area (Å²) in [6.45, 7) is 0. The van der Waals surface area contributed by atoms with Gasteiger partial charge in [-0.3, -0.25) is 4.79 Å². The molecule has 6 heteroatoms. The Labute approximate surface area is 127 Å². The van der Waals surface area contributed by atoms with Crippen molar-refractivity contribution in [2.45, 2.75) is 12.5 Å². The number of rotatable bonds is 3. The summed E-state index contributed by atoms with van der Waals surface area (Å²) in [5.41, 5.74) is 1.84. The maximum Gasteiger partial charge on any atom is 0.339 e. The van der Waals surface area contributed by atoms with Crippen LogP contribution in [0.4, 0.5) is 5.69 Å². The molecule has 0 saturated carbocycles. The van der Waals surface area contributed by atoms with E-state index in [1.807, 2.05) is 12.1 Å². The van der Waals surface area contributed by atoms with Crippen molar-refractivity contribution in [3.8, 4) is 5.88 Å². The van der Waals surface area contributed by atoms with Gasteiger partial charge in [-0.05, 0) is 17.7 Å². The van der Waals surface area contributed by atoms with Gasteiger partial charge in [0.1, 0.15) is 0 Å². The summed E-state index contributed by atoms with van der Waals surface area (Å²) in [7, 11) is 1.51. The second-order valence-electron chi connectivity index (χ2n) is 4.83. The van der Waals surface area contributed by atoms with Gasteiger partial charge in [0.25, 0.3) is 5.91 Å². The number of hydrogen-bond acceptors (Lipinski definition) is 5. The Kier molecular flexibility index (Phi) is 3.74. The predicted molar refractivity (Wildman–Crippen MR) is 78.8 cm³/mol. The number of methoxy groups -OCH3 is 1. The van der Waals surface area contributed by atoms with E-state index >= 15 is 0 Å². The molecule has 0 radical (unpaired) electrons. The molecule has 3 rings (SSSR count). The van der Waals surface area contributed by atoms with Crippen LogP contribution in [0.3, 0.4) is 0 Å². The SMILES string of the molecule is COc1ccc(NC(=O)C2Cc3ccccc3C(=O)O2)cn1. The van der Waals surface area contributed by atoms with E-state index in [1.54, 1.807) is 24.3 Å². The minimum absolute atomic E-state index is 0.358. The lowest BCUT2D eigenvalue weighted by Crippen LogP contribution is -2.37. The molecule has 1 aliphatic rings. The van der Waals surface area contributed by atoms with Gasteiger partial charge in [0.2, 0.25) is 5.88 Å². The van der Waals surface area contributed by atoms with Crippen LogP contribution in [-0.2, 0) is 16.0 Å². The van der Waals surface area contributed by atoms with E-state index in [2.05, 4.69) is 10.3 Å². The van der Waals surface area contributed by atoms with Gasteiger partial charge in [-0.1, -0.05) is 18.2 Å². The van der Waals surface area contributed by atoms with Crippen molar-refractivity contribution in [1.29, 1.82) is 0 Å². The first kappa shape index (κ1) is 14.1. The number of carbonyl (C=O) groups excluding carboxylic acids is 2. The van der Waals surface area contributed by atoms with Gasteiger partial charge in [-0.25, -0.2) is 9.78 Å². The Morgan fingerprint density at radius 3 is 2.86 bits per heavy atom. The number of benzene rings is 1. The lowest BCUT2D eigenvalue weighted by Gasteiger charge is -2.23. The maximum atomic E-state index is 12.2. The number of aromatic nitrogens is 1. The highest BCUT2D eigenvalue weighted by Crippen LogP contribution is 2.21. The summed E-state index contributed by atoms with van der Waals surface area (Å²) in [4.78, 5) is 28.1. The smallest absolute Gasteiger partial charge is 0.339 e. The molecule has 112 valence electrons. The van der Waals surface area contributed by atoms with E-state index in [0.717, 1.165) is 5.56 Å². The third-order valence-electron chi connectivity index (χ3n) is 3.40. The van der Waals surface area contributed by atoms with Gasteiger partial charge in [-0.15, -0.1) is 0 Å². The molecule has 0 saturated heterocycles. The second-order valence-corrected chi connectivity index (χ2v) is 4.83. The summed E-state index contributed by atoms with van der Waals surface area (Å²) < 4.78 is 10.1. The van der Waals surface area contributed by atoms with Gasteiger partial charge >= 0.3 is 5.97 Å². The lowest BCUT2D eigenvalue weighted by atomic mass is 9.98. The predicted octanol–water partition coefficient (Wildman–Crippen LogP) is 1.81. The molecule has 6 nitrogen and oxygen atoms in total. The molecule has 0 spiro atoms. The molecular weight excluding hydrogens is 284 g/mol. The summed E-state index contributed by atoms with van der Waals surface area (Å²) in [5, 5.41) is 2.68. The molecule has 1 unspecified atom stereocenters. The topological polar surface area (TPSA) is 77.5 Å². The third kappa shape index (κ3) is 2.76. The molecule has 1 aliphatic heterocycles. The zero-order valence-corrected chi connectivity index (χ0v) is 11.9. The van der Waals surface area contributed by atoms with Crippen molar-refractivity contribution in [3.63, 3.8) is 0 Å². The van der Waals surface area contributed by atoms with Crippen molar-refractivity contribution < 1.29 is 19.1 Å². The minimum atomic E-state index is -0.843. The van der Waals surface area contributed by atoms with Crippen LogP contribution in [-0.4, -0.2) is 30.1 Å². The van der Waals surface area contributed by atoms with Crippen LogP contribution in [0, 0.1) is 0 Å². The molecule has 0 fully saturated rings. The summed E-state index contributed by atoms with van der Waals surface area (Å²) >= 11 is 0. The fraction of sp³-hybridized carbons (Fsp3) is 0.188. The second kappa shape index (κ2) is 5.85. The molecule has 2 heterocycles. The molecular formula is C16H14N2O4. The Balaban J connectivity index is 1.72. The Hall–Kier alpha value is -2.89. The number of pyridine rings is 1. The highest BCUT2D eigenvalue weighted by atomic mass is 16.5. The van der Waals surface area contributed by atoms with E-state index in [1.165, 1.54) is 13.3 Å². The van der Waals surface area contributed by atoms with Crippen LogP contribution in [0.1, 0.15) is 15.9 Å². The van der Waals surface area contributed by atoms with E-state index in [9.17, 15) is 9.59 Å². The fourth-order valence-electron chi connectivity index (χ4n) is 2.28. The fourth-order valence-corrected chi connectivity index (χ4v) is 2.28. The van der Waals surface area contributed by atoms with Gasteiger partial charge in [-0.2, -0.15) is 0 Å². The largest absolute Gasteiger partial charge is 0.481 e. The van der Waals surface area contributed by atoms with Crippen LogP contribution in [0.25, 0.3) is 0 Å². The molecule has 1 aromatic heterocycles. The van der Waals surface area contributed by atoms with E-state index < -0.39 is 12.1 Å². The number of hydrogen-bond donors (Lipinski definition) is 1. The molecule has 1 atom stereocenters. The first-order valence-electron chi connectivity index (χ1n) is 6.77. The lowest BCUT2D eigenvalue weighted by molar-refractivity contribution is -0.125. The molecule has 22 heavy (non-hydrogen) atoms. The standard InChI is InChI=1S/C16H14N2O4/c1-21-14-7-6-11(9-17-14)18-15(19)13-8-10-4-2-3-5-12(10)16(20)22-13/h2-7,9,13H,8H2,1H3,(H,18,19). The average Bonchev–Trinajstić information content (AvgIpc) is 2.55. The number of ether oxygens (including phenoxy) is 2. The number of esters is 1. The number of nitrogens with one attached hydrogen (secondary N) is 1. The highest BCUT2D eigenvalue weighted by molar-refractivity contribution is 5.99. The van der Waals surface area contributed by atoms with Crippen molar-refractivity contribution in [2.75, 3.05) is 12.4 Å². The zero-order valence-electron chi connectivity index (χ0n) is 11.9. The van der Waals surface area contributed by atoms with Gasteiger partial charge in [0.05, 0.1) is 24.6 Å². The molecule has 1 N–H and O–H groups in total. The van der Waals surface area contributed by atoms with Gasteiger partial charge in [0, 0.05) is 12.5 Å². The van der Waals surface area contributed by atoms with Crippen molar-refractivity contribution >= 4 is 17.6 Å². The monoisotopic (exact) mass is 298 g/mol. The quantitative estimate of drug-likeness (QED) is 0.874. The minimum Gasteiger partial charge on any atom is -0.481 e. The van der Waals surface area contributed by atoms with Crippen LogP contribution >= 0.6 is 0 Å². The number of carbonyl (C=O) groups is 2. The number of nitrogens with zero attached hydrogens (tertiary/aromatic N) is 1. The van der Waals surface area contributed by atoms with Crippen molar-refractivity contribution in [2.24, 2.45) is 0 Å². The van der Waals surface area contributed by atoms with Gasteiger partial charge < -0.3 is 14.8 Å². The molecule has 0 bridgehead atoms. The average molecular weight is 298 g/mol. The number of cyclic esters (lactones) is 1. The van der Waals surface area contributed by atoms with Crippen molar-refractivity contribution in [3.05, 3.63) is 53.7 Å². The van der Waals surface area contributed by atoms with E-state index in [-0.39, 0.29) is 5.91 Å². The van der Waals surface area contributed by atoms with Crippen LogP contribution in [0.15, 0.2) is 42.6 Å². The van der Waals surface area contributed by atoms with Crippen LogP contribution in [0.2, 0.25) is 0 Å². The van der Waals surface area contributed by atoms with Gasteiger partial charge in [0.15, 0.2) is 6.10 Å².